The molecule has 1 aliphatic carbocycles. The standard InChI is InChI=1S/C13H16N2S/c1-8-5-6-12-11(7-8)15-13(16-12)9-3-2-4-10(9)14/h5-7,9-10H,2-4,14H2,1H3. The molecule has 2 aromatic rings. The molecule has 1 aromatic carbocycles. The monoisotopic (exact) mass is 232 g/mol. The van der Waals surface area contributed by atoms with Gasteiger partial charge in [-0.2, -0.15) is 0 Å². The predicted molar refractivity (Wildman–Crippen MR) is 68.9 cm³/mol. The van der Waals surface area contributed by atoms with E-state index >= 15 is 0 Å². The molecule has 0 radical (unpaired) electrons. The molecule has 1 heterocycles. The SMILES string of the molecule is Cc1ccc2sc(C3CCCC3N)nc2c1. The molecule has 0 spiro atoms. The molecule has 2 N–H and O–H groups in total. The molecule has 2 atom stereocenters. The van der Waals surface area contributed by atoms with Crippen LogP contribution in [0.25, 0.3) is 10.2 Å². The van der Waals surface area contributed by atoms with Crippen molar-refractivity contribution in [1.82, 2.24) is 4.98 Å². The first-order chi connectivity index (χ1) is 7.74. The minimum Gasteiger partial charge on any atom is -0.327 e. The number of thiazole rings is 1. The first kappa shape index (κ1) is 10.2. The number of nitrogens with zero attached hydrogens (tertiary/aromatic N) is 1. The van der Waals surface area contributed by atoms with Gasteiger partial charge in [0, 0.05) is 12.0 Å². The van der Waals surface area contributed by atoms with Crippen molar-refractivity contribution >= 4 is 21.6 Å². The lowest BCUT2D eigenvalue weighted by Gasteiger charge is -2.10. The van der Waals surface area contributed by atoms with Crippen LogP contribution in [0.4, 0.5) is 0 Å². The second-order valence-corrected chi connectivity index (χ2v) is 5.79. The molecule has 1 saturated carbocycles. The van der Waals surface area contributed by atoms with Crippen molar-refractivity contribution in [1.29, 1.82) is 0 Å². The Morgan fingerprint density at radius 1 is 1.38 bits per heavy atom. The van der Waals surface area contributed by atoms with Crippen LogP contribution < -0.4 is 5.73 Å². The normalized spacial score (nSPS) is 25.4. The van der Waals surface area contributed by atoms with Crippen LogP contribution in [0.1, 0.15) is 35.8 Å². The highest BCUT2D eigenvalue weighted by Crippen LogP contribution is 2.37. The van der Waals surface area contributed by atoms with Crippen LogP contribution in [0, 0.1) is 6.92 Å². The summed E-state index contributed by atoms with van der Waals surface area (Å²) < 4.78 is 1.29. The topological polar surface area (TPSA) is 38.9 Å². The molecule has 2 nitrogen and oxygen atoms in total. The Bertz CT molecular complexity index is 518. The highest BCUT2D eigenvalue weighted by atomic mass is 32.1. The number of fused-ring (bicyclic) bond motifs is 1. The Hall–Kier alpha value is -0.930. The van der Waals surface area contributed by atoms with Crippen molar-refractivity contribution in [2.45, 2.75) is 38.1 Å². The lowest BCUT2D eigenvalue weighted by molar-refractivity contribution is 0.611. The van der Waals surface area contributed by atoms with E-state index in [4.69, 9.17) is 10.7 Å². The summed E-state index contributed by atoms with van der Waals surface area (Å²) in [5.41, 5.74) is 8.55. The van der Waals surface area contributed by atoms with Gasteiger partial charge >= 0.3 is 0 Å². The Morgan fingerprint density at radius 2 is 2.25 bits per heavy atom. The van der Waals surface area contributed by atoms with Crippen LogP contribution in [-0.2, 0) is 0 Å². The molecule has 0 amide bonds. The average molecular weight is 232 g/mol. The Kier molecular flexibility index (Phi) is 2.45. The molecule has 1 aromatic heterocycles. The van der Waals surface area contributed by atoms with Crippen LogP contribution in [0.5, 0.6) is 0 Å². The molecule has 16 heavy (non-hydrogen) atoms. The molecule has 0 aliphatic heterocycles. The zero-order chi connectivity index (χ0) is 11.1. The summed E-state index contributed by atoms with van der Waals surface area (Å²) in [5.74, 6) is 0.498. The molecule has 1 fully saturated rings. The van der Waals surface area contributed by atoms with E-state index in [1.807, 2.05) is 11.3 Å². The van der Waals surface area contributed by atoms with Crippen molar-refractivity contribution in [3.05, 3.63) is 28.8 Å². The van der Waals surface area contributed by atoms with E-state index < -0.39 is 0 Å². The van der Waals surface area contributed by atoms with E-state index in [9.17, 15) is 0 Å². The van der Waals surface area contributed by atoms with Gasteiger partial charge in [0.05, 0.1) is 15.2 Å². The van der Waals surface area contributed by atoms with Crippen LogP contribution in [0.15, 0.2) is 18.2 Å². The number of nitrogens with two attached hydrogens (primary N) is 1. The maximum Gasteiger partial charge on any atom is 0.0984 e. The molecular weight excluding hydrogens is 216 g/mol. The lowest BCUT2D eigenvalue weighted by Crippen LogP contribution is -2.22. The zero-order valence-corrected chi connectivity index (χ0v) is 10.3. The molecule has 0 bridgehead atoms. The van der Waals surface area contributed by atoms with E-state index in [-0.39, 0.29) is 0 Å². The third-order valence-corrected chi connectivity index (χ3v) is 4.61. The van der Waals surface area contributed by atoms with Crippen molar-refractivity contribution in [3.8, 4) is 0 Å². The molecule has 2 unspecified atom stereocenters. The molecule has 84 valence electrons. The van der Waals surface area contributed by atoms with Gasteiger partial charge in [0.25, 0.3) is 0 Å². The molecule has 3 rings (SSSR count). The number of hydrogen-bond acceptors (Lipinski definition) is 3. The second-order valence-electron chi connectivity index (χ2n) is 4.72. The molecule has 0 saturated heterocycles. The third kappa shape index (κ3) is 1.64. The van der Waals surface area contributed by atoms with Gasteiger partial charge in [-0.1, -0.05) is 12.5 Å². The fourth-order valence-electron chi connectivity index (χ4n) is 2.51. The Labute approximate surface area is 99.5 Å². The summed E-state index contributed by atoms with van der Waals surface area (Å²) in [4.78, 5) is 4.74. The van der Waals surface area contributed by atoms with E-state index in [0.717, 1.165) is 11.9 Å². The maximum atomic E-state index is 6.13. The van der Waals surface area contributed by atoms with Crippen LogP contribution in [0.3, 0.4) is 0 Å². The van der Waals surface area contributed by atoms with E-state index in [2.05, 4.69) is 25.1 Å². The zero-order valence-electron chi connectivity index (χ0n) is 9.44. The van der Waals surface area contributed by atoms with Gasteiger partial charge in [-0.3, -0.25) is 0 Å². The predicted octanol–water partition coefficient (Wildman–Crippen LogP) is 3.20. The van der Waals surface area contributed by atoms with Gasteiger partial charge in [-0.25, -0.2) is 4.98 Å². The quantitative estimate of drug-likeness (QED) is 0.820. The van der Waals surface area contributed by atoms with Gasteiger partial charge < -0.3 is 5.73 Å². The number of benzene rings is 1. The van der Waals surface area contributed by atoms with Gasteiger partial charge in [-0.05, 0) is 37.5 Å². The van der Waals surface area contributed by atoms with Crippen LogP contribution in [-0.4, -0.2) is 11.0 Å². The van der Waals surface area contributed by atoms with Crippen molar-refractivity contribution in [3.63, 3.8) is 0 Å². The fourth-order valence-corrected chi connectivity index (χ4v) is 3.67. The summed E-state index contributed by atoms with van der Waals surface area (Å²) in [7, 11) is 0. The number of hydrogen-bond donors (Lipinski definition) is 1. The number of aryl methyl sites for hydroxylation is 1. The van der Waals surface area contributed by atoms with Gasteiger partial charge in [0.2, 0.25) is 0 Å². The summed E-state index contributed by atoms with van der Waals surface area (Å²) in [5, 5.41) is 1.24. The van der Waals surface area contributed by atoms with Crippen LogP contribution in [0.2, 0.25) is 0 Å². The average Bonchev–Trinajstić information content (AvgIpc) is 2.82. The van der Waals surface area contributed by atoms with Gasteiger partial charge in [-0.15, -0.1) is 11.3 Å². The van der Waals surface area contributed by atoms with E-state index in [0.29, 0.717) is 12.0 Å². The van der Waals surface area contributed by atoms with Crippen molar-refractivity contribution in [2.75, 3.05) is 0 Å². The second kappa shape index (κ2) is 3.82. The first-order valence-corrected chi connectivity index (χ1v) is 6.68. The Morgan fingerprint density at radius 3 is 3.00 bits per heavy atom. The number of aromatic nitrogens is 1. The highest BCUT2D eigenvalue weighted by Gasteiger charge is 2.27. The van der Waals surface area contributed by atoms with E-state index in [1.165, 1.54) is 28.1 Å². The minimum absolute atomic E-state index is 0.321. The van der Waals surface area contributed by atoms with Gasteiger partial charge in [0.1, 0.15) is 0 Å². The molecule has 1 aliphatic rings. The van der Waals surface area contributed by atoms with Crippen molar-refractivity contribution < 1.29 is 0 Å². The maximum absolute atomic E-state index is 6.13. The fraction of sp³-hybridized carbons (Fsp3) is 0.462. The molecular formula is C13H16N2S. The third-order valence-electron chi connectivity index (χ3n) is 3.45. The van der Waals surface area contributed by atoms with Gasteiger partial charge in [0.15, 0.2) is 0 Å². The minimum atomic E-state index is 0.321. The molecule has 3 heteroatoms. The lowest BCUT2D eigenvalue weighted by atomic mass is 10.1. The largest absolute Gasteiger partial charge is 0.327 e. The van der Waals surface area contributed by atoms with Crippen molar-refractivity contribution in [2.24, 2.45) is 5.73 Å². The van der Waals surface area contributed by atoms with E-state index in [1.54, 1.807) is 0 Å². The number of rotatable bonds is 1. The Balaban J connectivity index is 2.04. The smallest absolute Gasteiger partial charge is 0.0984 e. The summed E-state index contributed by atoms with van der Waals surface area (Å²) >= 11 is 1.82. The van der Waals surface area contributed by atoms with Crippen LogP contribution >= 0.6 is 11.3 Å². The summed E-state index contributed by atoms with van der Waals surface area (Å²) in [6.45, 7) is 2.11. The highest BCUT2D eigenvalue weighted by molar-refractivity contribution is 7.18. The first-order valence-electron chi connectivity index (χ1n) is 5.87. The summed E-state index contributed by atoms with van der Waals surface area (Å²) in [6.07, 6.45) is 3.61. The summed E-state index contributed by atoms with van der Waals surface area (Å²) in [6, 6.07) is 6.81.